The van der Waals surface area contributed by atoms with Crippen LogP contribution in [0.1, 0.15) is 5.56 Å². The molecule has 0 bridgehead atoms. The van der Waals surface area contributed by atoms with Gasteiger partial charge in [0, 0.05) is 15.4 Å². The molecule has 0 atom stereocenters. The molecule has 0 fully saturated rings. The Balaban J connectivity index is 1.40. The summed E-state index contributed by atoms with van der Waals surface area (Å²) >= 11 is 1.61. The van der Waals surface area contributed by atoms with E-state index in [1.807, 2.05) is 29.8 Å². The van der Waals surface area contributed by atoms with Crippen LogP contribution in [0.5, 0.6) is 11.5 Å². The SMILES string of the molecule is [O-]c1c2ccccc2c(O)c2c1n[n+]([O-])n2Cc1ccc(-c2ccc3scnc3c2)cc1. The van der Waals surface area contributed by atoms with E-state index >= 15 is 0 Å². The Morgan fingerprint density at radius 3 is 2.53 bits per heavy atom. The molecule has 0 aliphatic heterocycles. The quantitative estimate of drug-likeness (QED) is 0.333. The van der Waals surface area contributed by atoms with Crippen molar-refractivity contribution in [1.29, 1.82) is 0 Å². The van der Waals surface area contributed by atoms with Gasteiger partial charge < -0.3 is 15.4 Å². The summed E-state index contributed by atoms with van der Waals surface area (Å²) in [6.45, 7) is 0.163. The summed E-state index contributed by atoms with van der Waals surface area (Å²) < 4.78 is 2.41. The van der Waals surface area contributed by atoms with Crippen LogP contribution in [-0.2, 0) is 6.54 Å². The number of aromatic nitrogens is 4. The Morgan fingerprint density at radius 2 is 1.72 bits per heavy atom. The maximum absolute atomic E-state index is 12.8. The molecular weight excluding hydrogens is 424 g/mol. The van der Waals surface area contributed by atoms with Crippen molar-refractivity contribution >= 4 is 43.4 Å². The van der Waals surface area contributed by atoms with E-state index in [2.05, 4.69) is 28.3 Å². The van der Waals surface area contributed by atoms with Gasteiger partial charge in [-0.3, -0.25) is 0 Å². The lowest BCUT2D eigenvalue weighted by Crippen LogP contribution is -2.40. The maximum atomic E-state index is 12.8. The minimum Gasteiger partial charge on any atom is -0.870 e. The smallest absolute Gasteiger partial charge is 0.177 e. The van der Waals surface area contributed by atoms with E-state index in [-0.39, 0.29) is 29.1 Å². The molecule has 7 nitrogen and oxygen atoms in total. The van der Waals surface area contributed by atoms with Gasteiger partial charge in [-0.05, 0) is 34.2 Å². The van der Waals surface area contributed by atoms with Gasteiger partial charge in [0.2, 0.25) is 0 Å². The number of phenolic OH excluding ortho intramolecular Hbond substituents is 1. The minimum atomic E-state index is -0.371. The van der Waals surface area contributed by atoms with Crippen LogP contribution in [0, 0.1) is 5.21 Å². The normalized spacial score (nSPS) is 11.6. The zero-order chi connectivity index (χ0) is 21.8. The largest absolute Gasteiger partial charge is 0.870 e. The van der Waals surface area contributed by atoms with Crippen molar-refractivity contribution in [1.82, 2.24) is 14.8 Å². The lowest BCUT2D eigenvalue weighted by molar-refractivity contribution is -0.745. The molecule has 4 aromatic carbocycles. The second-order valence-electron chi connectivity index (χ2n) is 7.56. The minimum absolute atomic E-state index is 0.0376. The first kappa shape index (κ1) is 18.6. The number of rotatable bonds is 3. The van der Waals surface area contributed by atoms with Gasteiger partial charge in [-0.25, -0.2) is 4.98 Å². The number of thiazole rings is 1. The highest BCUT2D eigenvalue weighted by molar-refractivity contribution is 7.16. The van der Waals surface area contributed by atoms with E-state index in [4.69, 9.17) is 0 Å². The highest BCUT2D eigenvalue weighted by atomic mass is 32.1. The lowest BCUT2D eigenvalue weighted by atomic mass is 10.0. The fourth-order valence-electron chi connectivity index (χ4n) is 4.08. The summed E-state index contributed by atoms with van der Waals surface area (Å²) in [6.07, 6.45) is 0. The van der Waals surface area contributed by atoms with E-state index < -0.39 is 0 Å². The van der Waals surface area contributed by atoms with Crippen molar-refractivity contribution in [2.75, 3.05) is 0 Å². The molecule has 2 heterocycles. The molecule has 0 saturated heterocycles. The Labute approximate surface area is 185 Å². The summed E-state index contributed by atoms with van der Waals surface area (Å²) in [5.74, 6) is -0.491. The van der Waals surface area contributed by atoms with Crippen LogP contribution in [-0.4, -0.2) is 19.9 Å². The molecule has 6 rings (SSSR count). The highest BCUT2D eigenvalue weighted by Gasteiger charge is 2.21. The molecular formula is C24H15N4O3S-. The molecule has 32 heavy (non-hydrogen) atoms. The predicted octanol–water partition coefficient (Wildman–Crippen LogP) is 3.93. The summed E-state index contributed by atoms with van der Waals surface area (Å²) in [4.78, 5) is 4.74. The first-order valence-corrected chi connectivity index (χ1v) is 10.8. The van der Waals surface area contributed by atoms with Gasteiger partial charge in [-0.1, -0.05) is 60.3 Å². The van der Waals surface area contributed by atoms with Crippen LogP contribution >= 0.6 is 11.3 Å². The van der Waals surface area contributed by atoms with E-state index in [1.54, 1.807) is 35.6 Å². The second-order valence-corrected chi connectivity index (χ2v) is 8.45. The summed E-state index contributed by atoms with van der Waals surface area (Å²) in [5, 5.41) is 40.7. The second kappa shape index (κ2) is 6.93. The molecule has 2 aromatic heterocycles. The molecule has 1 N–H and O–H groups in total. The van der Waals surface area contributed by atoms with Gasteiger partial charge >= 0.3 is 0 Å². The van der Waals surface area contributed by atoms with Crippen LogP contribution in [0.2, 0.25) is 0 Å². The summed E-state index contributed by atoms with van der Waals surface area (Å²) in [7, 11) is 0. The molecule has 156 valence electrons. The van der Waals surface area contributed by atoms with Gasteiger partial charge in [-0.2, -0.15) is 0 Å². The van der Waals surface area contributed by atoms with Crippen LogP contribution in [0.4, 0.5) is 0 Å². The van der Waals surface area contributed by atoms with Crippen LogP contribution in [0.25, 0.3) is 43.1 Å². The molecule has 0 aliphatic carbocycles. The number of hydrogen-bond donors (Lipinski definition) is 1. The third-order valence-corrected chi connectivity index (χ3v) is 6.50. The van der Waals surface area contributed by atoms with Gasteiger partial charge in [0.25, 0.3) is 0 Å². The fraction of sp³-hybridized carbons (Fsp3) is 0.0417. The third-order valence-electron chi connectivity index (χ3n) is 5.69. The topological polar surface area (TPSA) is 101 Å². The van der Waals surface area contributed by atoms with Crippen molar-refractivity contribution in [3.05, 3.63) is 83.0 Å². The Morgan fingerprint density at radius 1 is 0.969 bits per heavy atom. The van der Waals surface area contributed by atoms with Crippen LogP contribution < -0.4 is 10.1 Å². The number of nitrogens with zero attached hydrogens (tertiary/aromatic N) is 4. The number of aromatic hydroxyl groups is 1. The standard InChI is InChI=1S/C24H16N4O3S/c29-23-17-3-1-2-4-18(17)24(30)22-21(23)26-28(31)27(22)12-14-5-7-15(8-6-14)16-9-10-20-19(11-16)25-13-32-20/h1-11,13,29-30H,12H2/p-1. The Kier molecular flexibility index (Phi) is 4.02. The fourth-order valence-corrected chi connectivity index (χ4v) is 4.74. The number of hydrogen-bond acceptors (Lipinski definition) is 6. The van der Waals surface area contributed by atoms with Crippen molar-refractivity contribution in [3.63, 3.8) is 0 Å². The Hall–Kier alpha value is -4.17. The van der Waals surface area contributed by atoms with Crippen LogP contribution in [0.3, 0.4) is 0 Å². The zero-order valence-electron chi connectivity index (χ0n) is 16.6. The van der Waals surface area contributed by atoms with Crippen molar-refractivity contribution in [2.24, 2.45) is 0 Å². The molecule has 0 radical (unpaired) electrons. The summed E-state index contributed by atoms with van der Waals surface area (Å²) in [6, 6.07) is 20.7. The zero-order valence-corrected chi connectivity index (χ0v) is 17.4. The first-order chi connectivity index (χ1) is 15.6. The van der Waals surface area contributed by atoms with Crippen molar-refractivity contribution < 1.29 is 15.2 Å². The average molecular weight is 439 g/mol. The van der Waals surface area contributed by atoms with Gasteiger partial charge in [0.05, 0.1) is 15.7 Å². The van der Waals surface area contributed by atoms with Crippen molar-refractivity contribution in [3.8, 4) is 22.6 Å². The van der Waals surface area contributed by atoms with Gasteiger partial charge in [0.1, 0.15) is 6.54 Å². The maximum Gasteiger partial charge on any atom is 0.177 e. The van der Waals surface area contributed by atoms with E-state index in [0.717, 1.165) is 26.9 Å². The molecule has 6 aromatic rings. The molecule has 0 unspecified atom stereocenters. The Bertz CT molecular complexity index is 1640. The van der Waals surface area contributed by atoms with Crippen LogP contribution in [0.15, 0.2) is 72.2 Å². The monoisotopic (exact) mass is 439 g/mol. The average Bonchev–Trinajstić information content (AvgIpc) is 3.42. The first-order valence-electron chi connectivity index (χ1n) is 9.94. The van der Waals surface area contributed by atoms with Gasteiger partial charge in [0.15, 0.2) is 16.8 Å². The number of fused-ring (bicyclic) bond motifs is 3. The number of benzene rings is 4. The van der Waals surface area contributed by atoms with E-state index in [1.165, 1.54) is 4.68 Å². The summed E-state index contributed by atoms with van der Waals surface area (Å²) in [5.41, 5.74) is 5.83. The van der Waals surface area contributed by atoms with Crippen molar-refractivity contribution in [2.45, 2.75) is 6.54 Å². The molecule has 0 saturated carbocycles. The third kappa shape index (κ3) is 2.77. The van der Waals surface area contributed by atoms with Gasteiger partial charge in [-0.15, -0.1) is 16.0 Å². The van der Waals surface area contributed by atoms with E-state index in [0.29, 0.717) is 15.7 Å². The lowest BCUT2D eigenvalue weighted by Gasteiger charge is -2.12. The highest BCUT2D eigenvalue weighted by Crippen LogP contribution is 2.38. The molecule has 0 aliphatic rings. The number of phenols is 1. The molecule has 0 spiro atoms. The molecule has 8 heteroatoms. The predicted molar refractivity (Wildman–Crippen MR) is 121 cm³/mol. The molecule has 0 amide bonds. The van der Waals surface area contributed by atoms with E-state index in [9.17, 15) is 15.4 Å².